The number of Topliss-reactive ketones (excluding diaryl/α,β-unsaturated/α-hetero) is 1. The highest BCUT2D eigenvalue weighted by Gasteiger charge is 2.51. The van der Waals surface area contributed by atoms with E-state index in [-0.39, 0.29) is 29.9 Å². The summed E-state index contributed by atoms with van der Waals surface area (Å²) in [7, 11) is 5.45. The molecule has 1 unspecified atom stereocenters. The predicted octanol–water partition coefficient (Wildman–Crippen LogP) is 3.69. The van der Waals surface area contributed by atoms with Crippen LogP contribution in [0.15, 0.2) is 30.3 Å². The van der Waals surface area contributed by atoms with Gasteiger partial charge in [0.2, 0.25) is 0 Å². The molecule has 0 aliphatic carbocycles. The number of carbonyl (C=O) groups excluding carboxylic acids is 2. The molecular formula is C39H63N3O8. The van der Waals surface area contributed by atoms with Crippen LogP contribution in [0.5, 0.6) is 0 Å². The zero-order chi connectivity index (χ0) is 37.4. The number of cyclic esters (lactones) is 1. The van der Waals surface area contributed by atoms with Crippen molar-refractivity contribution in [1.29, 1.82) is 0 Å². The lowest BCUT2D eigenvalue weighted by Crippen LogP contribution is -2.63. The van der Waals surface area contributed by atoms with Crippen LogP contribution in [0.3, 0.4) is 0 Å². The molecular weight excluding hydrogens is 638 g/mol. The fourth-order valence-electron chi connectivity index (χ4n) is 7.71. The van der Waals surface area contributed by atoms with Crippen LogP contribution >= 0.6 is 0 Å². The first-order valence-corrected chi connectivity index (χ1v) is 18.1. The lowest BCUT2D eigenvalue weighted by Gasteiger charge is -2.47. The lowest BCUT2D eigenvalue weighted by atomic mass is 9.78. The molecule has 0 spiro atoms. The monoisotopic (exact) mass is 701 g/mol. The van der Waals surface area contributed by atoms with E-state index >= 15 is 0 Å². The first-order valence-electron chi connectivity index (χ1n) is 18.1. The Kier molecular flexibility index (Phi) is 15.3. The third-order valence-corrected chi connectivity index (χ3v) is 11.1. The van der Waals surface area contributed by atoms with Crippen molar-refractivity contribution in [1.82, 2.24) is 10.2 Å². The topological polar surface area (TPSA) is 142 Å². The largest absolute Gasteiger partial charge is 0.457 e. The average molecular weight is 702 g/mol. The van der Waals surface area contributed by atoms with Crippen LogP contribution in [0.2, 0.25) is 0 Å². The zero-order valence-corrected chi connectivity index (χ0v) is 31.9. The minimum atomic E-state index is -1.23. The highest BCUT2D eigenvalue weighted by molar-refractivity contribution is 6.00. The van der Waals surface area contributed by atoms with Gasteiger partial charge in [-0.2, -0.15) is 0 Å². The van der Waals surface area contributed by atoms with E-state index in [2.05, 4.69) is 30.5 Å². The smallest absolute Gasteiger partial charge is 0.316 e. The number of terminal acetylenes is 1. The van der Waals surface area contributed by atoms with Crippen molar-refractivity contribution in [2.75, 3.05) is 27.7 Å². The van der Waals surface area contributed by atoms with E-state index in [1.54, 1.807) is 21.0 Å². The summed E-state index contributed by atoms with van der Waals surface area (Å²) in [5.41, 5.74) is 5.70. The van der Waals surface area contributed by atoms with Crippen LogP contribution in [0, 0.1) is 30.3 Å². The summed E-state index contributed by atoms with van der Waals surface area (Å²) in [5, 5.41) is 15.2. The summed E-state index contributed by atoms with van der Waals surface area (Å²) >= 11 is 0. The number of methoxy groups -OCH3 is 1. The van der Waals surface area contributed by atoms with Crippen LogP contribution < -0.4 is 11.1 Å². The Morgan fingerprint density at radius 2 is 1.80 bits per heavy atom. The first-order chi connectivity index (χ1) is 23.5. The van der Waals surface area contributed by atoms with Crippen molar-refractivity contribution in [3.8, 4) is 12.5 Å². The summed E-state index contributed by atoms with van der Waals surface area (Å²) < 4.78 is 31.3. The fourth-order valence-corrected chi connectivity index (χ4v) is 7.71. The van der Waals surface area contributed by atoms with E-state index in [4.69, 9.17) is 35.8 Å². The van der Waals surface area contributed by atoms with E-state index in [1.165, 1.54) is 12.5 Å². The van der Waals surface area contributed by atoms with Crippen molar-refractivity contribution >= 4 is 11.8 Å². The number of hydrogen-bond donors (Lipinski definition) is 3. The number of ether oxygens (including phenoxy) is 5. The van der Waals surface area contributed by atoms with E-state index in [9.17, 15) is 14.7 Å². The highest BCUT2D eigenvalue weighted by Crippen LogP contribution is 2.37. The lowest BCUT2D eigenvalue weighted by molar-refractivity contribution is -0.298. The Morgan fingerprint density at radius 3 is 2.38 bits per heavy atom. The third-order valence-electron chi connectivity index (χ3n) is 11.1. The van der Waals surface area contributed by atoms with Crippen molar-refractivity contribution in [3.63, 3.8) is 0 Å². The molecule has 2 fully saturated rings. The number of hydrogen-bond acceptors (Lipinski definition) is 11. The quantitative estimate of drug-likeness (QED) is 0.197. The number of benzene rings is 1. The summed E-state index contributed by atoms with van der Waals surface area (Å²) in [6.07, 6.45) is 6.88. The van der Waals surface area contributed by atoms with Crippen molar-refractivity contribution in [2.45, 2.75) is 141 Å². The Hall–Kier alpha value is -2.56. The molecule has 4 N–H and O–H groups in total. The number of rotatable bonds is 9. The second-order valence-corrected chi connectivity index (χ2v) is 15.2. The molecule has 13 atom stereocenters. The van der Waals surface area contributed by atoms with Crippen LogP contribution in [0.4, 0.5) is 0 Å². The minimum Gasteiger partial charge on any atom is -0.457 e. The molecule has 0 radical (unpaired) electrons. The fraction of sp³-hybridized carbons (Fsp3) is 0.744. The van der Waals surface area contributed by atoms with Crippen molar-refractivity contribution in [3.05, 3.63) is 35.9 Å². The Balaban J connectivity index is 2.01. The molecule has 282 valence electrons. The van der Waals surface area contributed by atoms with E-state index < -0.39 is 59.7 Å². The maximum Gasteiger partial charge on any atom is 0.316 e. The molecule has 3 rings (SSSR count). The molecule has 11 heteroatoms. The van der Waals surface area contributed by atoms with Gasteiger partial charge >= 0.3 is 5.97 Å². The van der Waals surface area contributed by atoms with Gasteiger partial charge in [0.15, 0.2) is 17.7 Å². The van der Waals surface area contributed by atoms with Gasteiger partial charge in [0.25, 0.3) is 0 Å². The van der Waals surface area contributed by atoms with Crippen molar-refractivity contribution < 1.29 is 38.4 Å². The van der Waals surface area contributed by atoms with Gasteiger partial charge in [-0.1, -0.05) is 57.5 Å². The Morgan fingerprint density at radius 1 is 1.14 bits per heavy atom. The molecule has 0 bridgehead atoms. The second-order valence-electron chi connectivity index (χ2n) is 15.2. The number of nitrogens with zero attached hydrogens (tertiary/aromatic N) is 1. The number of nitrogens with one attached hydrogen (secondary N) is 1. The van der Waals surface area contributed by atoms with Gasteiger partial charge in [-0.15, -0.1) is 0 Å². The number of carbonyl (C=O) groups is 2. The number of aliphatic hydroxyl groups is 1. The molecule has 11 nitrogen and oxygen atoms in total. The van der Waals surface area contributed by atoms with Crippen LogP contribution in [-0.4, -0.2) is 110 Å². The van der Waals surface area contributed by atoms with Crippen LogP contribution in [0.1, 0.15) is 79.7 Å². The number of aryl methyl sites for hydroxylation is 1. The highest BCUT2D eigenvalue weighted by atomic mass is 16.7. The number of ketones is 1. The van der Waals surface area contributed by atoms with Gasteiger partial charge in [0.05, 0.1) is 23.9 Å². The standard InChI is InChI=1S/C39H63N3O8/c1-12-31-39(8,47-13-2)34(40)27(6)41-23-24(3)22-38(7,46-11)35(25(4)32(43)26(5)36(45)49-31)50-37-33(44)30(42(9)10)21-29(48-37)20-19-28-17-15-14-16-18-28/h2,14-18,24-27,29-31,33-35,37,41,44H,12,19-23,40H2,1,3-11H3/t24-,25+,26?,27-,29-,30+,31-,33-,34-,35-,37+,38-,39-/m1/s1. The summed E-state index contributed by atoms with van der Waals surface area (Å²) in [4.78, 5) is 29.9. The van der Waals surface area contributed by atoms with Gasteiger partial charge in [0.1, 0.15) is 24.2 Å². The van der Waals surface area contributed by atoms with Crippen molar-refractivity contribution in [2.24, 2.45) is 23.5 Å². The number of likely N-dealkylation sites (N-methyl/N-ethyl adjacent to an activating group) is 1. The number of esters is 1. The molecule has 2 aliphatic rings. The first kappa shape index (κ1) is 41.9. The Labute approximate surface area is 300 Å². The maximum atomic E-state index is 14.3. The summed E-state index contributed by atoms with van der Waals surface area (Å²) in [5.74, 6) is -3.07. The van der Waals surface area contributed by atoms with Gasteiger partial charge < -0.3 is 44.7 Å². The molecule has 2 aliphatic heterocycles. The molecule has 0 saturated carbocycles. The molecule has 1 aromatic carbocycles. The van der Waals surface area contributed by atoms with Gasteiger partial charge in [-0.25, -0.2) is 0 Å². The molecule has 0 amide bonds. The molecule has 50 heavy (non-hydrogen) atoms. The summed E-state index contributed by atoms with van der Waals surface area (Å²) in [6, 6.07) is 9.01. The third kappa shape index (κ3) is 9.85. The van der Waals surface area contributed by atoms with Gasteiger partial charge in [-0.05, 0) is 91.9 Å². The minimum absolute atomic E-state index is 0.0237. The van der Waals surface area contributed by atoms with E-state index in [0.29, 0.717) is 25.8 Å². The SMILES string of the molecule is C#CO[C@@]1(C)[C@H](N)[C@@H](C)NC[C@H](C)C[C@@](C)(OC)[C@H](O[C@@H]2O[C@H](CCc3ccccc3)C[C@H](N(C)C)[C@H]2O)[C@@H](C)C(=O)C(C)C(=O)O[C@@H]1CC. The second kappa shape index (κ2) is 18.3. The van der Waals surface area contributed by atoms with Gasteiger partial charge in [-0.3, -0.25) is 9.59 Å². The average Bonchev–Trinajstić information content (AvgIpc) is 3.10. The molecule has 2 saturated heterocycles. The van der Waals surface area contributed by atoms with Crippen LogP contribution in [-0.2, 0) is 39.7 Å². The number of aliphatic hydroxyl groups excluding tert-OH is 1. The zero-order valence-electron chi connectivity index (χ0n) is 31.9. The van der Waals surface area contributed by atoms with Crippen LogP contribution in [0.25, 0.3) is 0 Å². The Bertz CT molecular complexity index is 1280. The molecule has 1 aromatic rings. The van der Waals surface area contributed by atoms with E-state index in [0.717, 1.165) is 12.8 Å². The molecule has 0 aromatic heterocycles. The maximum absolute atomic E-state index is 14.3. The molecule has 2 heterocycles. The van der Waals surface area contributed by atoms with E-state index in [1.807, 2.05) is 58.0 Å². The predicted molar refractivity (Wildman–Crippen MR) is 193 cm³/mol. The normalized spacial score (nSPS) is 39.6. The summed E-state index contributed by atoms with van der Waals surface area (Å²) in [6.45, 7) is 13.3. The number of nitrogens with two attached hydrogens (primary N) is 1. The van der Waals surface area contributed by atoms with Gasteiger partial charge in [0, 0.05) is 25.1 Å².